The minimum absolute atomic E-state index is 0.302. The first-order valence-electron chi connectivity index (χ1n) is 5.44. The topological polar surface area (TPSA) is 51.5 Å². The van der Waals surface area contributed by atoms with Gasteiger partial charge in [-0.2, -0.15) is 0 Å². The number of hydrogen-bond acceptors (Lipinski definition) is 4. The fourth-order valence-electron chi connectivity index (χ4n) is 1.54. The molecular formula is C13H11ClFNO3. The molecule has 0 saturated heterocycles. The number of rotatable bonds is 4. The molecule has 100 valence electrons. The summed E-state index contributed by atoms with van der Waals surface area (Å²) >= 11 is 5.73. The normalized spacial score (nSPS) is 10.3. The second-order valence-electron chi connectivity index (χ2n) is 3.80. The van der Waals surface area contributed by atoms with Crippen LogP contribution in [0.3, 0.4) is 0 Å². The second-order valence-corrected chi connectivity index (χ2v) is 4.24. The zero-order valence-corrected chi connectivity index (χ0v) is 10.8. The standard InChI is InChI=1S/C13H11ClFNO3/c1-18-13(17)8-2-12(19-7-8)6-16-11-4-9(14)3-10(15)5-11/h2-5,7,16H,6H2,1H3. The Bertz CT molecular complexity index is 577. The van der Waals surface area contributed by atoms with E-state index in [0.717, 1.165) is 0 Å². The monoisotopic (exact) mass is 283 g/mol. The number of methoxy groups -OCH3 is 1. The molecule has 2 rings (SSSR count). The van der Waals surface area contributed by atoms with Crippen LogP contribution in [0.5, 0.6) is 0 Å². The maximum atomic E-state index is 13.1. The lowest BCUT2D eigenvalue weighted by Gasteiger charge is -2.04. The predicted molar refractivity (Wildman–Crippen MR) is 68.8 cm³/mol. The van der Waals surface area contributed by atoms with Crippen LogP contribution >= 0.6 is 11.6 Å². The van der Waals surface area contributed by atoms with Gasteiger partial charge in [0.05, 0.1) is 19.2 Å². The summed E-state index contributed by atoms with van der Waals surface area (Å²) in [6.07, 6.45) is 1.31. The lowest BCUT2D eigenvalue weighted by atomic mass is 10.3. The number of carbonyl (C=O) groups is 1. The van der Waals surface area contributed by atoms with Crippen molar-refractivity contribution in [3.05, 3.63) is 52.7 Å². The minimum atomic E-state index is -0.469. The van der Waals surface area contributed by atoms with Crippen molar-refractivity contribution in [3.63, 3.8) is 0 Å². The van der Waals surface area contributed by atoms with Gasteiger partial charge in [0.15, 0.2) is 0 Å². The summed E-state index contributed by atoms with van der Waals surface area (Å²) in [6, 6.07) is 5.68. The number of carbonyl (C=O) groups excluding carboxylic acids is 1. The first kappa shape index (κ1) is 13.4. The molecule has 0 radical (unpaired) electrons. The molecule has 2 aromatic rings. The van der Waals surface area contributed by atoms with E-state index in [2.05, 4.69) is 10.1 Å². The summed E-state index contributed by atoms with van der Waals surface area (Å²) in [7, 11) is 1.29. The fraction of sp³-hybridized carbons (Fsp3) is 0.154. The van der Waals surface area contributed by atoms with Crippen LogP contribution in [0.15, 0.2) is 34.9 Å². The van der Waals surface area contributed by atoms with Crippen LogP contribution < -0.4 is 5.32 Å². The largest absolute Gasteiger partial charge is 0.467 e. The molecule has 0 unspecified atom stereocenters. The SMILES string of the molecule is COC(=O)c1coc(CNc2cc(F)cc(Cl)c2)c1. The van der Waals surface area contributed by atoms with E-state index in [1.807, 2.05) is 0 Å². The molecular weight excluding hydrogens is 273 g/mol. The van der Waals surface area contributed by atoms with Gasteiger partial charge in [0.2, 0.25) is 0 Å². The molecule has 0 fully saturated rings. The molecule has 0 aliphatic rings. The van der Waals surface area contributed by atoms with Crippen LogP contribution in [-0.4, -0.2) is 13.1 Å². The first-order valence-corrected chi connectivity index (χ1v) is 5.82. The third kappa shape index (κ3) is 3.48. The first-order chi connectivity index (χ1) is 9.08. The second kappa shape index (κ2) is 5.75. The summed E-state index contributed by atoms with van der Waals surface area (Å²) in [6.45, 7) is 0.302. The Balaban J connectivity index is 2.02. The van der Waals surface area contributed by atoms with Crippen molar-refractivity contribution in [2.45, 2.75) is 6.54 Å². The van der Waals surface area contributed by atoms with Gasteiger partial charge in [0.25, 0.3) is 0 Å². The number of benzene rings is 1. The number of anilines is 1. The average molecular weight is 284 g/mol. The summed E-state index contributed by atoms with van der Waals surface area (Å²) in [5, 5.41) is 3.25. The number of nitrogens with one attached hydrogen (secondary N) is 1. The van der Waals surface area contributed by atoms with Crippen molar-refractivity contribution in [3.8, 4) is 0 Å². The van der Waals surface area contributed by atoms with Crippen molar-refractivity contribution in [2.75, 3.05) is 12.4 Å². The highest BCUT2D eigenvalue weighted by molar-refractivity contribution is 6.30. The van der Waals surface area contributed by atoms with E-state index in [1.54, 1.807) is 12.1 Å². The highest BCUT2D eigenvalue weighted by Gasteiger charge is 2.10. The summed E-state index contributed by atoms with van der Waals surface area (Å²) in [4.78, 5) is 11.2. The van der Waals surface area contributed by atoms with Crippen molar-refractivity contribution >= 4 is 23.3 Å². The molecule has 1 N–H and O–H groups in total. The van der Waals surface area contributed by atoms with Crippen molar-refractivity contribution in [2.24, 2.45) is 0 Å². The van der Waals surface area contributed by atoms with Gasteiger partial charge in [-0.1, -0.05) is 11.6 Å². The van der Waals surface area contributed by atoms with E-state index < -0.39 is 11.8 Å². The fourth-order valence-corrected chi connectivity index (χ4v) is 1.77. The third-order valence-electron chi connectivity index (χ3n) is 2.40. The van der Waals surface area contributed by atoms with Crippen LogP contribution in [0.2, 0.25) is 5.02 Å². The maximum Gasteiger partial charge on any atom is 0.341 e. The number of hydrogen-bond donors (Lipinski definition) is 1. The number of esters is 1. The van der Waals surface area contributed by atoms with Gasteiger partial charge in [-0.15, -0.1) is 0 Å². The average Bonchev–Trinajstić information content (AvgIpc) is 2.83. The molecule has 4 nitrogen and oxygen atoms in total. The summed E-state index contributed by atoms with van der Waals surface area (Å²) < 4.78 is 22.8. The third-order valence-corrected chi connectivity index (χ3v) is 2.62. The van der Waals surface area contributed by atoms with E-state index in [1.165, 1.54) is 25.5 Å². The van der Waals surface area contributed by atoms with Crippen LogP contribution in [0.4, 0.5) is 10.1 Å². The van der Waals surface area contributed by atoms with Gasteiger partial charge in [-0.25, -0.2) is 9.18 Å². The molecule has 0 saturated carbocycles. The molecule has 1 aromatic heterocycles. The van der Waals surface area contributed by atoms with E-state index in [-0.39, 0.29) is 0 Å². The van der Waals surface area contributed by atoms with Crippen LogP contribution in [0.25, 0.3) is 0 Å². The van der Waals surface area contributed by atoms with Gasteiger partial charge in [-0.05, 0) is 24.3 Å². The van der Waals surface area contributed by atoms with E-state index >= 15 is 0 Å². The van der Waals surface area contributed by atoms with Crippen LogP contribution in [-0.2, 0) is 11.3 Å². The maximum absolute atomic E-state index is 13.1. The van der Waals surface area contributed by atoms with Crippen LogP contribution in [0, 0.1) is 5.82 Å². The zero-order valence-electron chi connectivity index (χ0n) is 10.1. The van der Waals surface area contributed by atoms with E-state index in [0.29, 0.717) is 28.6 Å². The van der Waals surface area contributed by atoms with Crippen molar-refractivity contribution in [1.82, 2.24) is 0 Å². The number of furan rings is 1. The Hall–Kier alpha value is -2.01. The molecule has 1 heterocycles. The Kier molecular flexibility index (Phi) is 4.06. The quantitative estimate of drug-likeness (QED) is 0.873. The number of ether oxygens (including phenoxy) is 1. The molecule has 0 aliphatic carbocycles. The van der Waals surface area contributed by atoms with Gasteiger partial charge in [0, 0.05) is 10.7 Å². The molecule has 0 aliphatic heterocycles. The molecule has 0 spiro atoms. The van der Waals surface area contributed by atoms with Crippen molar-refractivity contribution < 1.29 is 18.3 Å². The smallest absolute Gasteiger partial charge is 0.341 e. The lowest BCUT2D eigenvalue weighted by molar-refractivity contribution is 0.0600. The Morgan fingerprint density at radius 3 is 2.89 bits per heavy atom. The predicted octanol–water partition coefficient (Wildman–Crippen LogP) is 3.47. The molecule has 19 heavy (non-hydrogen) atoms. The highest BCUT2D eigenvalue weighted by Crippen LogP contribution is 2.19. The Morgan fingerprint density at radius 1 is 1.42 bits per heavy atom. The summed E-state index contributed by atoms with van der Waals surface area (Å²) in [5.74, 6) is -0.366. The molecule has 0 atom stereocenters. The van der Waals surface area contributed by atoms with Crippen LogP contribution in [0.1, 0.15) is 16.1 Å². The number of halogens is 2. The highest BCUT2D eigenvalue weighted by atomic mass is 35.5. The summed E-state index contributed by atoms with van der Waals surface area (Å²) in [5.41, 5.74) is 0.859. The molecule has 0 amide bonds. The lowest BCUT2D eigenvalue weighted by Crippen LogP contribution is -2.00. The van der Waals surface area contributed by atoms with Gasteiger partial charge >= 0.3 is 5.97 Å². The molecule has 6 heteroatoms. The Labute approximate surface area is 114 Å². The van der Waals surface area contributed by atoms with Gasteiger partial charge < -0.3 is 14.5 Å². The molecule has 1 aromatic carbocycles. The van der Waals surface area contributed by atoms with E-state index in [4.69, 9.17) is 16.0 Å². The Morgan fingerprint density at radius 2 is 2.21 bits per heavy atom. The van der Waals surface area contributed by atoms with Gasteiger partial charge in [-0.3, -0.25) is 0 Å². The molecule has 0 bridgehead atoms. The van der Waals surface area contributed by atoms with E-state index in [9.17, 15) is 9.18 Å². The zero-order chi connectivity index (χ0) is 13.8. The van der Waals surface area contributed by atoms with Gasteiger partial charge in [0.1, 0.15) is 17.8 Å². The minimum Gasteiger partial charge on any atom is -0.467 e. The van der Waals surface area contributed by atoms with Crippen molar-refractivity contribution in [1.29, 1.82) is 0 Å².